The van der Waals surface area contributed by atoms with E-state index >= 15 is 0 Å². The minimum absolute atomic E-state index is 0.651. The Balaban J connectivity index is 2.32. The van der Waals surface area contributed by atoms with E-state index in [2.05, 4.69) is 25.8 Å². The van der Waals surface area contributed by atoms with E-state index in [1.807, 2.05) is 0 Å². The lowest BCUT2D eigenvalue weighted by molar-refractivity contribution is 0.123. The fourth-order valence-electron chi connectivity index (χ4n) is 2.77. The molecule has 1 rings (SSSR count). The lowest BCUT2D eigenvalue weighted by atomic mass is 9.83. The van der Waals surface area contributed by atoms with E-state index in [0.29, 0.717) is 6.04 Å². The van der Waals surface area contributed by atoms with Crippen molar-refractivity contribution in [3.05, 3.63) is 0 Å². The number of rotatable bonds is 5. The highest BCUT2D eigenvalue weighted by Gasteiger charge is 2.24. The summed E-state index contributed by atoms with van der Waals surface area (Å²) in [4.78, 5) is 2.55. The van der Waals surface area contributed by atoms with Crippen LogP contribution in [0.5, 0.6) is 0 Å². The Labute approximate surface area is 95.2 Å². The highest BCUT2D eigenvalue weighted by molar-refractivity contribution is 4.80. The highest BCUT2D eigenvalue weighted by atomic mass is 15.2. The second-order valence-electron chi connectivity index (χ2n) is 5.17. The monoisotopic (exact) mass is 212 g/mol. The summed E-state index contributed by atoms with van der Waals surface area (Å²) in [6.45, 7) is 5.44. The molecule has 0 spiro atoms. The molecule has 1 unspecified atom stereocenters. The van der Waals surface area contributed by atoms with E-state index in [0.717, 1.165) is 24.9 Å². The van der Waals surface area contributed by atoms with Crippen LogP contribution in [0.2, 0.25) is 0 Å². The Morgan fingerprint density at radius 1 is 1.27 bits per heavy atom. The van der Waals surface area contributed by atoms with Crippen molar-refractivity contribution in [2.75, 3.05) is 13.6 Å². The van der Waals surface area contributed by atoms with Gasteiger partial charge in [0, 0.05) is 12.1 Å². The summed E-state index contributed by atoms with van der Waals surface area (Å²) in [5.41, 5.74) is 5.61. The van der Waals surface area contributed by atoms with Gasteiger partial charge in [0.05, 0.1) is 0 Å². The Kier molecular flexibility index (Phi) is 5.62. The second-order valence-corrected chi connectivity index (χ2v) is 5.17. The van der Waals surface area contributed by atoms with Crippen LogP contribution in [-0.4, -0.2) is 30.6 Å². The molecule has 2 heteroatoms. The van der Waals surface area contributed by atoms with E-state index in [-0.39, 0.29) is 0 Å². The quantitative estimate of drug-likeness (QED) is 0.759. The molecule has 1 atom stereocenters. The van der Waals surface area contributed by atoms with Crippen molar-refractivity contribution in [3.8, 4) is 0 Å². The summed E-state index contributed by atoms with van der Waals surface area (Å²) in [5.74, 6) is 1.000. The van der Waals surface area contributed by atoms with Gasteiger partial charge in [-0.25, -0.2) is 0 Å². The molecule has 0 aliphatic heterocycles. The van der Waals surface area contributed by atoms with Crippen LogP contribution in [0, 0.1) is 5.92 Å². The maximum absolute atomic E-state index is 5.61. The zero-order valence-electron chi connectivity index (χ0n) is 10.7. The van der Waals surface area contributed by atoms with Gasteiger partial charge in [-0.1, -0.05) is 13.3 Å². The molecule has 0 heterocycles. The van der Waals surface area contributed by atoms with E-state index < -0.39 is 0 Å². The molecule has 1 saturated carbocycles. The van der Waals surface area contributed by atoms with E-state index in [1.165, 1.54) is 32.1 Å². The zero-order valence-corrected chi connectivity index (χ0v) is 10.7. The summed E-state index contributed by atoms with van der Waals surface area (Å²) >= 11 is 0. The van der Waals surface area contributed by atoms with E-state index in [4.69, 9.17) is 5.73 Å². The van der Waals surface area contributed by atoms with Crippen LogP contribution in [0.1, 0.15) is 52.4 Å². The lowest BCUT2D eigenvalue weighted by Gasteiger charge is -2.37. The van der Waals surface area contributed by atoms with Crippen LogP contribution in [0.25, 0.3) is 0 Å². The first kappa shape index (κ1) is 13.0. The first-order chi connectivity index (χ1) is 7.19. The molecule has 2 nitrogen and oxygen atoms in total. The van der Waals surface area contributed by atoms with Gasteiger partial charge in [-0.05, 0) is 58.5 Å². The standard InChI is InChI=1S/C13H28N2/c1-4-12-5-7-13(8-6-12)15(3)11(2)9-10-14/h11-13H,4-10,14H2,1-3H3. The molecule has 15 heavy (non-hydrogen) atoms. The van der Waals surface area contributed by atoms with Crippen LogP contribution >= 0.6 is 0 Å². The number of hydrogen-bond donors (Lipinski definition) is 1. The molecule has 0 aromatic carbocycles. The van der Waals surface area contributed by atoms with E-state index in [9.17, 15) is 0 Å². The molecule has 0 radical (unpaired) electrons. The third-order valence-corrected chi connectivity index (χ3v) is 4.25. The largest absolute Gasteiger partial charge is 0.330 e. The molecule has 0 bridgehead atoms. The van der Waals surface area contributed by atoms with Gasteiger partial charge < -0.3 is 10.6 Å². The maximum Gasteiger partial charge on any atom is 0.00952 e. The predicted molar refractivity (Wildman–Crippen MR) is 66.9 cm³/mol. The molecule has 1 fully saturated rings. The van der Waals surface area contributed by atoms with Gasteiger partial charge in [0.15, 0.2) is 0 Å². The predicted octanol–water partition coefficient (Wildman–Crippen LogP) is 2.62. The Bertz CT molecular complexity index is 162. The van der Waals surface area contributed by atoms with Crippen molar-refractivity contribution in [1.82, 2.24) is 4.90 Å². The summed E-state index contributed by atoms with van der Waals surface area (Å²) < 4.78 is 0. The molecular weight excluding hydrogens is 184 g/mol. The topological polar surface area (TPSA) is 29.3 Å². The van der Waals surface area contributed by atoms with Crippen LogP contribution in [0.3, 0.4) is 0 Å². The maximum atomic E-state index is 5.61. The van der Waals surface area contributed by atoms with Gasteiger partial charge in [-0.2, -0.15) is 0 Å². The molecule has 1 aliphatic rings. The minimum Gasteiger partial charge on any atom is -0.330 e. The van der Waals surface area contributed by atoms with Crippen LogP contribution in [0.15, 0.2) is 0 Å². The fraction of sp³-hybridized carbons (Fsp3) is 1.00. The fourth-order valence-corrected chi connectivity index (χ4v) is 2.77. The molecule has 0 aromatic rings. The Hall–Kier alpha value is -0.0800. The Morgan fingerprint density at radius 2 is 1.87 bits per heavy atom. The van der Waals surface area contributed by atoms with Gasteiger partial charge in [0.1, 0.15) is 0 Å². The summed E-state index contributed by atoms with van der Waals surface area (Å²) in [6.07, 6.45) is 8.15. The summed E-state index contributed by atoms with van der Waals surface area (Å²) in [6, 6.07) is 1.47. The minimum atomic E-state index is 0.651. The average molecular weight is 212 g/mol. The van der Waals surface area contributed by atoms with Gasteiger partial charge in [-0.3, -0.25) is 0 Å². The van der Waals surface area contributed by atoms with Crippen LogP contribution in [-0.2, 0) is 0 Å². The zero-order chi connectivity index (χ0) is 11.3. The first-order valence-electron chi connectivity index (χ1n) is 6.61. The second kappa shape index (κ2) is 6.49. The van der Waals surface area contributed by atoms with Crippen molar-refractivity contribution < 1.29 is 0 Å². The van der Waals surface area contributed by atoms with E-state index in [1.54, 1.807) is 0 Å². The third kappa shape index (κ3) is 3.76. The summed E-state index contributed by atoms with van der Waals surface area (Å²) in [7, 11) is 2.28. The molecule has 0 aromatic heterocycles. The Morgan fingerprint density at radius 3 is 2.33 bits per heavy atom. The van der Waals surface area contributed by atoms with Crippen molar-refractivity contribution in [2.24, 2.45) is 11.7 Å². The van der Waals surface area contributed by atoms with Crippen LogP contribution < -0.4 is 5.73 Å². The van der Waals surface area contributed by atoms with Crippen LogP contribution in [0.4, 0.5) is 0 Å². The SMILES string of the molecule is CCC1CCC(N(C)C(C)CCN)CC1. The van der Waals surface area contributed by atoms with Gasteiger partial charge in [0.2, 0.25) is 0 Å². The van der Waals surface area contributed by atoms with Crippen molar-refractivity contribution >= 4 is 0 Å². The molecular formula is C13H28N2. The molecule has 0 saturated heterocycles. The van der Waals surface area contributed by atoms with Crippen molar-refractivity contribution in [2.45, 2.75) is 64.5 Å². The number of nitrogens with two attached hydrogens (primary N) is 1. The smallest absolute Gasteiger partial charge is 0.00952 e. The number of nitrogens with zero attached hydrogens (tertiary/aromatic N) is 1. The average Bonchev–Trinajstić information content (AvgIpc) is 2.28. The van der Waals surface area contributed by atoms with Gasteiger partial charge in [0.25, 0.3) is 0 Å². The summed E-state index contributed by atoms with van der Waals surface area (Å²) in [5, 5.41) is 0. The third-order valence-electron chi connectivity index (χ3n) is 4.25. The van der Waals surface area contributed by atoms with Gasteiger partial charge >= 0.3 is 0 Å². The molecule has 1 aliphatic carbocycles. The molecule has 90 valence electrons. The normalized spacial score (nSPS) is 29.4. The van der Waals surface area contributed by atoms with Gasteiger partial charge in [-0.15, -0.1) is 0 Å². The molecule has 2 N–H and O–H groups in total. The van der Waals surface area contributed by atoms with Crippen molar-refractivity contribution in [3.63, 3.8) is 0 Å². The molecule has 0 amide bonds. The lowest BCUT2D eigenvalue weighted by Crippen LogP contribution is -2.41. The highest BCUT2D eigenvalue weighted by Crippen LogP contribution is 2.29. The number of hydrogen-bond acceptors (Lipinski definition) is 2. The van der Waals surface area contributed by atoms with Crippen molar-refractivity contribution in [1.29, 1.82) is 0 Å². The first-order valence-corrected chi connectivity index (χ1v) is 6.61.